The van der Waals surface area contributed by atoms with Crippen LogP contribution in [0.1, 0.15) is 30.4 Å². The molecule has 6 heteroatoms. The molecule has 0 spiro atoms. The maximum atomic E-state index is 14.1. The van der Waals surface area contributed by atoms with E-state index in [1.807, 2.05) is 0 Å². The van der Waals surface area contributed by atoms with Gasteiger partial charge in [-0.1, -0.05) is 17.3 Å². The van der Waals surface area contributed by atoms with Crippen molar-refractivity contribution < 1.29 is 14.3 Å². The lowest BCUT2D eigenvalue weighted by atomic mass is 10.1. The summed E-state index contributed by atoms with van der Waals surface area (Å²) in [4.78, 5) is 0. The van der Waals surface area contributed by atoms with E-state index in [1.165, 1.54) is 18.9 Å². The second-order valence-corrected chi connectivity index (χ2v) is 5.31. The molecule has 0 heterocycles. The van der Waals surface area contributed by atoms with E-state index in [2.05, 4.69) is 10.5 Å². The molecule has 1 aromatic rings. The number of amidine groups is 1. The molecule has 0 bridgehead atoms. The van der Waals surface area contributed by atoms with Crippen LogP contribution < -0.4 is 11.1 Å². The Labute approximate surface area is 124 Å². The van der Waals surface area contributed by atoms with Crippen LogP contribution in [0, 0.1) is 11.7 Å². The summed E-state index contributed by atoms with van der Waals surface area (Å²) in [6, 6.07) is 4.85. The fourth-order valence-electron chi connectivity index (χ4n) is 2.02. The van der Waals surface area contributed by atoms with Gasteiger partial charge >= 0.3 is 0 Å². The first kappa shape index (κ1) is 15.7. The van der Waals surface area contributed by atoms with E-state index in [-0.39, 0.29) is 11.4 Å². The minimum atomic E-state index is -0.453. The number of nitrogens with two attached hydrogens (primary N) is 1. The number of hydrogen-bond donors (Lipinski definition) is 3. The zero-order valence-corrected chi connectivity index (χ0v) is 12.0. The molecule has 0 aromatic heterocycles. The highest BCUT2D eigenvalue weighted by Crippen LogP contribution is 2.28. The van der Waals surface area contributed by atoms with Gasteiger partial charge in [0.15, 0.2) is 5.84 Å². The molecular formula is C15H22FN3O2. The third-order valence-corrected chi connectivity index (χ3v) is 3.47. The zero-order chi connectivity index (χ0) is 15.1. The van der Waals surface area contributed by atoms with E-state index in [4.69, 9.17) is 15.7 Å². The van der Waals surface area contributed by atoms with Gasteiger partial charge in [0.1, 0.15) is 5.82 Å². The van der Waals surface area contributed by atoms with Crippen molar-refractivity contribution in [3.8, 4) is 0 Å². The maximum absolute atomic E-state index is 14.1. The Balaban J connectivity index is 1.69. The van der Waals surface area contributed by atoms with Crippen molar-refractivity contribution >= 4 is 5.84 Å². The summed E-state index contributed by atoms with van der Waals surface area (Å²) in [5.74, 6) is 0.113. The Hall–Kier alpha value is -1.66. The fraction of sp³-hybridized carbons (Fsp3) is 0.533. The zero-order valence-electron chi connectivity index (χ0n) is 12.0. The molecule has 0 aliphatic heterocycles. The van der Waals surface area contributed by atoms with Gasteiger partial charge in [-0.3, -0.25) is 0 Å². The van der Waals surface area contributed by atoms with Gasteiger partial charge in [-0.25, -0.2) is 4.39 Å². The molecule has 21 heavy (non-hydrogen) atoms. The van der Waals surface area contributed by atoms with Crippen LogP contribution in [-0.4, -0.2) is 30.8 Å². The Morgan fingerprint density at radius 2 is 2.29 bits per heavy atom. The van der Waals surface area contributed by atoms with Crippen LogP contribution in [0.4, 0.5) is 4.39 Å². The lowest BCUT2D eigenvalue weighted by molar-refractivity contribution is 0.122. The standard InChI is InChI=1S/C15H22FN3O2/c16-14-12(3-1-4-13(14)15(17)19-20)9-18-7-2-8-21-10-11-5-6-11/h1,3-4,11,18,20H,2,5-10H2,(H2,17,19). The number of nitrogens with zero attached hydrogens (tertiary/aromatic N) is 1. The van der Waals surface area contributed by atoms with Gasteiger partial charge in [0, 0.05) is 25.3 Å². The predicted octanol–water partition coefficient (Wildman–Crippen LogP) is 1.83. The third kappa shape index (κ3) is 4.99. The molecule has 5 nitrogen and oxygen atoms in total. The Morgan fingerprint density at radius 1 is 1.48 bits per heavy atom. The normalized spacial score (nSPS) is 15.4. The molecule has 2 rings (SSSR count). The lowest BCUT2D eigenvalue weighted by Gasteiger charge is -2.09. The van der Waals surface area contributed by atoms with E-state index in [0.29, 0.717) is 12.1 Å². The summed E-state index contributed by atoms with van der Waals surface area (Å²) in [6.45, 7) is 2.77. The number of rotatable bonds is 9. The van der Waals surface area contributed by atoms with Crippen molar-refractivity contribution in [2.24, 2.45) is 16.8 Å². The van der Waals surface area contributed by atoms with Gasteiger partial charge in [0.05, 0.1) is 5.56 Å². The van der Waals surface area contributed by atoms with Crippen LogP contribution in [-0.2, 0) is 11.3 Å². The van der Waals surface area contributed by atoms with Gasteiger partial charge in [-0.15, -0.1) is 0 Å². The number of ether oxygens (including phenoxy) is 1. The summed E-state index contributed by atoms with van der Waals surface area (Å²) in [5.41, 5.74) is 6.04. The van der Waals surface area contributed by atoms with E-state index in [0.717, 1.165) is 32.1 Å². The second kappa shape index (κ2) is 7.95. The average molecular weight is 295 g/mol. The molecule has 0 radical (unpaired) electrons. The summed E-state index contributed by atoms with van der Waals surface area (Å²) >= 11 is 0. The topological polar surface area (TPSA) is 79.9 Å². The number of benzene rings is 1. The van der Waals surface area contributed by atoms with Crippen molar-refractivity contribution in [2.75, 3.05) is 19.8 Å². The summed E-state index contributed by atoms with van der Waals surface area (Å²) in [5, 5.41) is 14.6. The van der Waals surface area contributed by atoms with E-state index >= 15 is 0 Å². The molecule has 0 unspecified atom stereocenters. The molecule has 4 N–H and O–H groups in total. The Morgan fingerprint density at radius 3 is 3.00 bits per heavy atom. The number of hydrogen-bond acceptors (Lipinski definition) is 4. The highest BCUT2D eigenvalue weighted by molar-refractivity contribution is 5.97. The van der Waals surface area contributed by atoms with E-state index < -0.39 is 5.82 Å². The number of halogens is 1. The fourth-order valence-corrected chi connectivity index (χ4v) is 2.02. The van der Waals surface area contributed by atoms with Gasteiger partial charge in [-0.2, -0.15) is 0 Å². The molecular weight excluding hydrogens is 273 g/mol. The van der Waals surface area contributed by atoms with Crippen molar-refractivity contribution in [3.05, 3.63) is 35.1 Å². The van der Waals surface area contributed by atoms with Crippen LogP contribution >= 0.6 is 0 Å². The van der Waals surface area contributed by atoms with Crippen molar-refractivity contribution in [1.29, 1.82) is 0 Å². The van der Waals surface area contributed by atoms with E-state index in [9.17, 15) is 4.39 Å². The lowest BCUT2D eigenvalue weighted by Crippen LogP contribution is -2.20. The van der Waals surface area contributed by atoms with Crippen molar-refractivity contribution in [1.82, 2.24) is 5.32 Å². The van der Waals surface area contributed by atoms with Crippen LogP contribution in [0.15, 0.2) is 23.4 Å². The molecule has 0 amide bonds. The Bertz CT molecular complexity index is 490. The van der Waals surface area contributed by atoms with Crippen molar-refractivity contribution in [2.45, 2.75) is 25.8 Å². The minimum absolute atomic E-state index is 0.115. The quantitative estimate of drug-likeness (QED) is 0.213. The number of nitrogens with one attached hydrogen (secondary N) is 1. The van der Waals surface area contributed by atoms with Gasteiger partial charge in [-0.05, 0) is 37.8 Å². The first-order valence-electron chi connectivity index (χ1n) is 7.26. The first-order chi connectivity index (χ1) is 10.2. The van der Waals surface area contributed by atoms with Crippen LogP contribution in [0.3, 0.4) is 0 Å². The maximum Gasteiger partial charge on any atom is 0.173 e. The third-order valence-electron chi connectivity index (χ3n) is 3.47. The summed E-state index contributed by atoms with van der Waals surface area (Å²) in [6.07, 6.45) is 3.50. The van der Waals surface area contributed by atoms with Gasteiger partial charge < -0.3 is 21.0 Å². The summed E-state index contributed by atoms with van der Waals surface area (Å²) < 4.78 is 19.6. The average Bonchev–Trinajstić information content (AvgIpc) is 3.31. The van der Waals surface area contributed by atoms with Gasteiger partial charge in [0.25, 0.3) is 0 Å². The largest absolute Gasteiger partial charge is 0.409 e. The molecule has 1 aliphatic rings. The highest BCUT2D eigenvalue weighted by atomic mass is 19.1. The smallest absolute Gasteiger partial charge is 0.173 e. The van der Waals surface area contributed by atoms with Crippen LogP contribution in [0.25, 0.3) is 0 Å². The monoisotopic (exact) mass is 295 g/mol. The molecule has 0 atom stereocenters. The molecule has 1 aliphatic carbocycles. The number of oxime groups is 1. The first-order valence-corrected chi connectivity index (χ1v) is 7.26. The Kier molecular flexibility index (Phi) is 5.95. The van der Waals surface area contributed by atoms with Crippen LogP contribution in [0.2, 0.25) is 0 Å². The van der Waals surface area contributed by atoms with E-state index in [1.54, 1.807) is 12.1 Å². The molecule has 1 saturated carbocycles. The molecule has 1 fully saturated rings. The summed E-state index contributed by atoms with van der Waals surface area (Å²) in [7, 11) is 0. The molecule has 0 saturated heterocycles. The molecule has 1 aromatic carbocycles. The SMILES string of the molecule is N/C(=N/O)c1cccc(CNCCCOCC2CC2)c1F. The second-order valence-electron chi connectivity index (χ2n) is 5.31. The highest BCUT2D eigenvalue weighted by Gasteiger charge is 2.20. The predicted molar refractivity (Wildman–Crippen MR) is 78.8 cm³/mol. The molecule has 116 valence electrons. The van der Waals surface area contributed by atoms with Crippen LogP contribution in [0.5, 0.6) is 0 Å². The van der Waals surface area contributed by atoms with Gasteiger partial charge in [0.2, 0.25) is 0 Å². The van der Waals surface area contributed by atoms with Crippen molar-refractivity contribution in [3.63, 3.8) is 0 Å². The minimum Gasteiger partial charge on any atom is -0.409 e.